The van der Waals surface area contributed by atoms with Crippen molar-refractivity contribution in [2.75, 3.05) is 5.43 Å². The number of nitrogens with zero attached hydrogens (tertiary/aromatic N) is 4. The molecule has 0 bridgehead atoms. The predicted octanol–water partition coefficient (Wildman–Crippen LogP) is 5.73. The number of fused-ring (bicyclic) bond motifs is 3. The number of rotatable bonds is 4. The maximum atomic E-state index is 4.54. The first-order chi connectivity index (χ1) is 14.6. The lowest BCUT2D eigenvalue weighted by Gasteiger charge is -2.11. The highest BCUT2D eigenvalue weighted by atomic mass is 32.1. The molecular formula is C24H25N5S. The van der Waals surface area contributed by atoms with Gasteiger partial charge in [0.05, 0.1) is 11.6 Å². The lowest BCUT2D eigenvalue weighted by atomic mass is 9.97. The highest BCUT2D eigenvalue weighted by molar-refractivity contribution is 7.19. The van der Waals surface area contributed by atoms with Crippen molar-refractivity contribution in [1.29, 1.82) is 0 Å². The van der Waals surface area contributed by atoms with Gasteiger partial charge in [-0.1, -0.05) is 17.7 Å². The van der Waals surface area contributed by atoms with Crippen molar-refractivity contribution in [3.05, 3.63) is 69.6 Å². The number of hydrogen-bond acceptors (Lipinski definition) is 5. The molecule has 4 aromatic rings. The average molecular weight is 416 g/mol. The van der Waals surface area contributed by atoms with E-state index in [1.165, 1.54) is 45.9 Å². The topological polar surface area (TPSA) is 55.1 Å². The molecule has 1 aliphatic carbocycles. The van der Waals surface area contributed by atoms with Gasteiger partial charge >= 0.3 is 0 Å². The minimum absolute atomic E-state index is 0.808. The van der Waals surface area contributed by atoms with E-state index in [2.05, 4.69) is 76.2 Å². The Morgan fingerprint density at radius 2 is 1.87 bits per heavy atom. The second-order valence-electron chi connectivity index (χ2n) is 7.98. The third-order valence-corrected chi connectivity index (χ3v) is 7.09. The zero-order valence-corrected chi connectivity index (χ0v) is 18.4. The van der Waals surface area contributed by atoms with Gasteiger partial charge in [-0.2, -0.15) is 5.10 Å². The van der Waals surface area contributed by atoms with Gasteiger partial charge in [-0.25, -0.2) is 9.97 Å². The Hall–Kier alpha value is -2.99. The Morgan fingerprint density at radius 3 is 2.70 bits per heavy atom. The minimum Gasteiger partial charge on any atom is -0.318 e. The number of hydrogen-bond donors (Lipinski definition) is 1. The van der Waals surface area contributed by atoms with Crippen molar-refractivity contribution in [2.24, 2.45) is 5.10 Å². The summed E-state index contributed by atoms with van der Waals surface area (Å²) in [7, 11) is 0. The van der Waals surface area contributed by atoms with Gasteiger partial charge in [0.2, 0.25) is 0 Å². The number of benzene rings is 1. The number of nitrogens with one attached hydrogen (secondary N) is 1. The lowest BCUT2D eigenvalue weighted by molar-refractivity contribution is 0.700. The molecule has 0 spiro atoms. The van der Waals surface area contributed by atoms with Crippen molar-refractivity contribution in [3.63, 3.8) is 0 Å². The fraction of sp³-hybridized carbons (Fsp3) is 0.292. The molecule has 1 N–H and O–H groups in total. The molecule has 3 aromatic heterocycles. The Morgan fingerprint density at radius 1 is 1.07 bits per heavy atom. The van der Waals surface area contributed by atoms with Crippen LogP contribution in [0.3, 0.4) is 0 Å². The molecule has 152 valence electrons. The summed E-state index contributed by atoms with van der Waals surface area (Å²) in [6, 6.07) is 10.8. The van der Waals surface area contributed by atoms with Gasteiger partial charge in [-0.05, 0) is 70.2 Å². The van der Waals surface area contributed by atoms with Crippen molar-refractivity contribution in [2.45, 2.75) is 46.5 Å². The quantitative estimate of drug-likeness (QED) is 0.342. The van der Waals surface area contributed by atoms with Gasteiger partial charge in [0.15, 0.2) is 5.82 Å². The summed E-state index contributed by atoms with van der Waals surface area (Å²) in [6.07, 6.45) is 8.29. The second kappa shape index (κ2) is 7.69. The molecule has 0 unspecified atom stereocenters. The normalized spacial score (nSPS) is 13.8. The van der Waals surface area contributed by atoms with E-state index in [4.69, 9.17) is 0 Å². The second-order valence-corrected chi connectivity index (χ2v) is 9.06. The van der Waals surface area contributed by atoms with Gasteiger partial charge in [-0.3, -0.25) is 5.43 Å². The van der Waals surface area contributed by atoms with Gasteiger partial charge in [0.25, 0.3) is 0 Å². The number of anilines is 1. The van der Waals surface area contributed by atoms with Crippen LogP contribution in [0.4, 0.5) is 5.82 Å². The molecule has 5 rings (SSSR count). The van der Waals surface area contributed by atoms with E-state index >= 15 is 0 Å². The summed E-state index contributed by atoms with van der Waals surface area (Å²) in [5.74, 6) is 0.808. The summed E-state index contributed by atoms with van der Waals surface area (Å²) in [5, 5.41) is 5.69. The molecule has 6 heteroatoms. The maximum Gasteiger partial charge on any atom is 0.158 e. The zero-order valence-electron chi connectivity index (χ0n) is 17.6. The zero-order chi connectivity index (χ0) is 20.7. The Kier molecular flexibility index (Phi) is 4.87. The van der Waals surface area contributed by atoms with Crippen LogP contribution in [-0.2, 0) is 12.8 Å². The molecule has 0 radical (unpaired) electrons. The van der Waals surface area contributed by atoms with E-state index in [-0.39, 0.29) is 0 Å². The maximum absolute atomic E-state index is 4.54. The SMILES string of the molecule is Cc1ccc(-n2c(C)cc(/C=N/Nc3ncnc4sc5c(c34)CCCC5)c2C)cc1. The van der Waals surface area contributed by atoms with Crippen molar-refractivity contribution >= 4 is 33.6 Å². The van der Waals surface area contributed by atoms with Crippen LogP contribution >= 0.6 is 11.3 Å². The molecule has 0 saturated heterocycles. The molecule has 0 fully saturated rings. The van der Waals surface area contributed by atoms with Gasteiger partial charge < -0.3 is 4.57 Å². The minimum atomic E-state index is 0.808. The van der Waals surface area contributed by atoms with Crippen LogP contribution in [0, 0.1) is 20.8 Å². The Labute approximate surface area is 180 Å². The van der Waals surface area contributed by atoms with Gasteiger partial charge in [0, 0.05) is 27.5 Å². The van der Waals surface area contributed by atoms with E-state index in [9.17, 15) is 0 Å². The van der Waals surface area contributed by atoms with Crippen LogP contribution < -0.4 is 5.43 Å². The van der Waals surface area contributed by atoms with Crippen LogP contribution in [0.2, 0.25) is 0 Å². The standard InChI is InChI=1S/C24H25N5S/c1-15-8-10-19(11-9-15)29-16(2)12-18(17(29)3)13-27-28-23-22-20-6-4-5-7-21(20)30-24(22)26-14-25-23/h8-14H,4-7H2,1-3H3,(H,25,26,28)/b27-13+. The summed E-state index contributed by atoms with van der Waals surface area (Å²) in [4.78, 5) is 11.5. The molecular weight excluding hydrogens is 390 g/mol. The van der Waals surface area contributed by atoms with E-state index in [1.807, 2.05) is 6.21 Å². The average Bonchev–Trinajstić information content (AvgIpc) is 3.26. The summed E-state index contributed by atoms with van der Waals surface area (Å²) in [5.41, 5.74) is 10.5. The number of hydrazone groups is 1. The Balaban J connectivity index is 1.44. The number of thiophene rings is 1. The fourth-order valence-electron chi connectivity index (χ4n) is 4.35. The summed E-state index contributed by atoms with van der Waals surface area (Å²) in [6.45, 7) is 6.37. The molecule has 0 amide bonds. The van der Waals surface area contributed by atoms with Crippen LogP contribution in [0.1, 0.15) is 45.8 Å². The molecule has 0 saturated carbocycles. The highest BCUT2D eigenvalue weighted by Crippen LogP contribution is 2.38. The van der Waals surface area contributed by atoms with Crippen LogP contribution in [0.5, 0.6) is 0 Å². The van der Waals surface area contributed by atoms with E-state index in [0.29, 0.717) is 0 Å². The van der Waals surface area contributed by atoms with Crippen LogP contribution in [-0.4, -0.2) is 20.7 Å². The van der Waals surface area contributed by atoms with E-state index in [1.54, 1.807) is 17.7 Å². The smallest absolute Gasteiger partial charge is 0.158 e. The molecule has 3 heterocycles. The summed E-state index contributed by atoms with van der Waals surface area (Å²) < 4.78 is 2.26. The third kappa shape index (κ3) is 3.31. The molecule has 1 aliphatic rings. The lowest BCUT2D eigenvalue weighted by Crippen LogP contribution is -2.01. The molecule has 0 aliphatic heterocycles. The fourth-order valence-corrected chi connectivity index (χ4v) is 5.58. The molecule has 0 atom stereocenters. The van der Waals surface area contributed by atoms with Crippen LogP contribution in [0.15, 0.2) is 41.8 Å². The van der Waals surface area contributed by atoms with E-state index in [0.717, 1.165) is 34.4 Å². The largest absolute Gasteiger partial charge is 0.318 e. The van der Waals surface area contributed by atoms with Gasteiger partial charge in [0.1, 0.15) is 11.2 Å². The predicted molar refractivity (Wildman–Crippen MR) is 125 cm³/mol. The number of aromatic nitrogens is 3. The van der Waals surface area contributed by atoms with Crippen molar-refractivity contribution in [1.82, 2.24) is 14.5 Å². The Bertz CT molecular complexity index is 1250. The van der Waals surface area contributed by atoms with Crippen LogP contribution in [0.25, 0.3) is 15.9 Å². The van der Waals surface area contributed by atoms with Crippen molar-refractivity contribution in [3.8, 4) is 5.69 Å². The molecule has 1 aromatic carbocycles. The first-order valence-electron chi connectivity index (χ1n) is 10.4. The summed E-state index contributed by atoms with van der Waals surface area (Å²) >= 11 is 1.80. The third-order valence-electron chi connectivity index (χ3n) is 5.89. The highest BCUT2D eigenvalue weighted by Gasteiger charge is 2.19. The monoisotopic (exact) mass is 415 g/mol. The van der Waals surface area contributed by atoms with E-state index < -0.39 is 0 Å². The molecule has 5 nitrogen and oxygen atoms in total. The van der Waals surface area contributed by atoms with Crippen molar-refractivity contribution < 1.29 is 0 Å². The first-order valence-corrected chi connectivity index (χ1v) is 11.2. The first kappa shape index (κ1) is 19.0. The molecule has 30 heavy (non-hydrogen) atoms. The number of aryl methyl sites for hydroxylation is 4. The van der Waals surface area contributed by atoms with Gasteiger partial charge in [-0.15, -0.1) is 11.3 Å².